The molecule has 2 atom stereocenters. The number of hydrogen-bond donors (Lipinski definition) is 5. The Balaban J connectivity index is 1.69. The number of aliphatic hydroxyl groups excluding tert-OH is 1. The van der Waals surface area contributed by atoms with Crippen LogP contribution < -0.4 is 21.9 Å². The summed E-state index contributed by atoms with van der Waals surface area (Å²) >= 11 is 0. The maximum absolute atomic E-state index is 15.3. The van der Waals surface area contributed by atoms with Crippen LogP contribution in [-0.2, 0) is 6.42 Å². The lowest BCUT2D eigenvalue weighted by Gasteiger charge is -2.15. The van der Waals surface area contributed by atoms with Crippen LogP contribution in [0.3, 0.4) is 0 Å². The lowest BCUT2D eigenvalue weighted by atomic mass is 9.94. The summed E-state index contributed by atoms with van der Waals surface area (Å²) in [6, 6.07) is 10.7. The highest BCUT2D eigenvalue weighted by Crippen LogP contribution is 2.35. The highest BCUT2D eigenvalue weighted by molar-refractivity contribution is 5.83. The average Bonchev–Trinajstić information content (AvgIpc) is 3.32. The molecule has 1 unspecified atom stereocenters. The number of benzene rings is 2. The first-order chi connectivity index (χ1) is 19.8. The van der Waals surface area contributed by atoms with Crippen molar-refractivity contribution in [1.29, 1.82) is 5.41 Å². The Morgan fingerprint density at radius 2 is 1.90 bits per heavy atom. The van der Waals surface area contributed by atoms with Crippen molar-refractivity contribution in [2.24, 2.45) is 11.5 Å². The Hall–Kier alpha value is -4.23. The zero-order valence-corrected chi connectivity index (χ0v) is 22.8. The number of amidine groups is 1. The highest BCUT2D eigenvalue weighted by Gasteiger charge is 2.33. The van der Waals surface area contributed by atoms with Gasteiger partial charge in [-0.25, -0.2) is 9.18 Å². The fraction of sp³-hybridized carbons (Fsp3) is 0.345. The molecule has 7 N–H and O–H groups in total. The number of H-pyrrole nitrogens is 1. The Labute approximate surface area is 238 Å². The second-order valence-corrected chi connectivity index (χ2v) is 10.3. The van der Waals surface area contributed by atoms with Gasteiger partial charge in [-0.2, -0.15) is 4.98 Å². The van der Waals surface area contributed by atoms with Crippen molar-refractivity contribution < 1.29 is 27.4 Å². The second-order valence-electron chi connectivity index (χ2n) is 10.3. The summed E-state index contributed by atoms with van der Waals surface area (Å²) in [6.07, 6.45) is -1.20. The average molecular weight is 589 g/mol. The molecule has 13 heteroatoms. The molecule has 9 nitrogen and oxygen atoms in total. The molecular weight excluding hydrogens is 556 g/mol. The minimum absolute atomic E-state index is 0.0267. The minimum Gasteiger partial charge on any atom is -0.403 e. The molecule has 0 fully saturated rings. The van der Waals surface area contributed by atoms with Crippen LogP contribution in [-0.4, -0.2) is 44.5 Å². The standard InChI is InChI=1S/C29H32F4N6O3/c1-16(34)3-2-4-17-11-22(26(30)24(12-17)42-29(31,32)33)23-13-20-14-39(28(41)38-27(20)37-23)21-8-5-18(6-9-21)19(15-40)7-10-25(35)36/h5-6,8-9,11-14,16,19,40H,2-4,7,10,15,34H2,1H3,(H3,35,36)(H,37,38,41)/t16-,19?/m0/s1. The van der Waals surface area contributed by atoms with Gasteiger partial charge in [-0.05, 0) is 74.1 Å². The molecule has 224 valence electrons. The van der Waals surface area contributed by atoms with E-state index in [1.165, 1.54) is 22.9 Å². The molecule has 0 amide bonds. The number of halogens is 4. The van der Waals surface area contributed by atoms with Crippen molar-refractivity contribution >= 4 is 16.9 Å². The summed E-state index contributed by atoms with van der Waals surface area (Å²) in [4.78, 5) is 19.8. The smallest absolute Gasteiger partial charge is 0.403 e. The normalized spacial score (nSPS) is 13.3. The number of aryl methyl sites for hydroxylation is 1. The summed E-state index contributed by atoms with van der Waals surface area (Å²) in [5, 5.41) is 17.6. The summed E-state index contributed by atoms with van der Waals surface area (Å²) < 4.78 is 59.7. The van der Waals surface area contributed by atoms with E-state index in [1.807, 2.05) is 6.92 Å². The summed E-state index contributed by atoms with van der Waals surface area (Å²) in [7, 11) is 0. The molecule has 0 bridgehead atoms. The number of fused-ring (bicyclic) bond motifs is 1. The lowest BCUT2D eigenvalue weighted by Crippen LogP contribution is -2.20. The quantitative estimate of drug-likeness (QED) is 0.0902. The van der Waals surface area contributed by atoms with Gasteiger partial charge in [0.25, 0.3) is 0 Å². The molecule has 42 heavy (non-hydrogen) atoms. The Morgan fingerprint density at radius 3 is 2.52 bits per heavy atom. The van der Waals surface area contributed by atoms with E-state index in [4.69, 9.17) is 16.9 Å². The van der Waals surface area contributed by atoms with E-state index >= 15 is 4.39 Å². The third kappa shape index (κ3) is 7.53. The van der Waals surface area contributed by atoms with Crippen LogP contribution in [0.4, 0.5) is 17.6 Å². The monoisotopic (exact) mass is 588 g/mol. The van der Waals surface area contributed by atoms with Crippen molar-refractivity contribution in [3.8, 4) is 22.7 Å². The van der Waals surface area contributed by atoms with Gasteiger partial charge in [-0.3, -0.25) is 9.98 Å². The van der Waals surface area contributed by atoms with Crippen LogP contribution >= 0.6 is 0 Å². The minimum atomic E-state index is -5.09. The van der Waals surface area contributed by atoms with Crippen molar-refractivity contribution in [1.82, 2.24) is 14.5 Å². The van der Waals surface area contributed by atoms with Gasteiger partial charge in [0.15, 0.2) is 11.6 Å². The Morgan fingerprint density at radius 1 is 1.19 bits per heavy atom. The van der Waals surface area contributed by atoms with Gasteiger partial charge in [0.2, 0.25) is 0 Å². The van der Waals surface area contributed by atoms with Gasteiger partial charge in [-0.1, -0.05) is 12.1 Å². The molecule has 2 heterocycles. The number of aromatic nitrogens is 3. The highest BCUT2D eigenvalue weighted by atomic mass is 19.4. The molecule has 0 aliphatic heterocycles. The SMILES string of the molecule is C[C@H](N)CCCc1cc(OC(F)(F)F)c(F)c(-c2cc3cn(-c4ccc(C(CO)CCC(=N)N)cc4)c(=O)nc3[nH]2)c1. The fourth-order valence-corrected chi connectivity index (χ4v) is 4.75. The number of nitrogens with two attached hydrogens (primary N) is 2. The van der Waals surface area contributed by atoms with E-state index in [1.54, 1.807) is 24.3 Å². The second kappa shape index (κ2) is 12.7. The largest absolute Gasteiger partial charge is 0.573 e. The molecular formula is C29H32F4N6O3. The number of hydrogen-bond acceptors (Lipinski definition) is 6. The van der Waals surface area contributed by atoms with Crippen molar-refractivity contribution in [2.45, 2.75) is 57.3 Å². The molecule has 0 radical (unpaired) electrons. The Bertz CT molecular complexity index is 1610. The van der Waals surface area contributed by atoms with Gasteiger partial charge in [0.1, 0.15) is 5.65 Å². The third-order valence-electron chi connectivity index (χ3n) is 6.87. The van der Waals surface area contributed by atoms with Gasteiger partial charge in [-0.15, -0.1) is 13.2 Å². The molecule has 2 aromatic heterocycles. The summed E-state index contributed by atoms with van der Waals surface area (Å²) in [5.41, 5.74) is 12.4. The first-order valence-electron chi connectivity index (χ1n) is 13.3. The maximum Gasteiger partial charge on any atom is 0.573 e. The molecule has 0 aliphatic carbocycles. The zero-order valence-electron chi connectivity index (χ0n) is 22.8. The predicted molar refractivity (Wildman–Crippen MR) is 151 cm³/mol. The van der Waals surface area contributed by atoms with Gasteiger partial charge >= 0.3 is 12.1 Å². The van der Waals surface area contributed by atoms with E-state index in [2.05, 4.69) is 14.7 Å². The molecule has 4 rings (SSSR count). The van der Waals surface area contributed by atoms with Crippen molar-refractivity contribution in [2.75, 3.05) is 6.61 Å². The first kappa shape index (κ1) is 30.7. The number of nitrogens with zero attached hydrogens (tertiary/aromatic N) is 2. The summed E-state index contributed by atoms with van der Waals surface area (Å²) in [6.45, 7) is 1.69. The van der Waals surface area contributed by atoms with E-state index in [-0.39, 0.29) is 41.3 Å². The number of nitrogens with one attached hydrogen (secondary N) is 2. The topological polar surface area (TPSA) is 156 Å². The van der Waals surface area contributed by atoms with Crippen LogP contribution in [0.2, 0.25) is 0 Å². The fourth-order valence-electron chi connectivity index (χ4n) is 4.75. The van der Waals surface area contributed by atoms with Crippen LogP contribution in [0.5, 0.6) is 5.75 Å². The number of ether oxygens (including phenoxy) is 1. The number of aromatic amines is 1. The molecule has 0 spiro atoms. The van der Waals surface area contributed by atoms with Gasteiger partial charge in [0.05, 0.1) is 17.2 Å². The first-order valence-corrected chi connectivity index (χ1v) is 13.3. The number of aliphatic hydroxyl groups is 1. The van der Waals surface area contributed by atoms with Gasteiger partial charge in [0, 0.05) is 42.1 Å². The van der Waals surface area contributed by atoms with E-state index in [0.29, 0.717) is 48.7 Å². The van der Waals surface area contributed by atoms with E-state index in [9.17, 15) is 23.1 Å². The van der Waals surface area contributed by atoms with Crippen LogP contribution in [0.25, 0.3) is 28.0 Å². The zero-order chi connectivity index (χ0) is 30.6. The number of alkyl halides is 3. The van der Waals surface area contributed by atoms with Crippen LogP contribution in [0.1, 0.15) is 49.7 Å². The molecule has 0 aliphatic rings. The molecule has 4 aromatic rings. The van der Waals surface area contributed by atoms with E-state index in [0.717, 1.165) is 11.6 Å². The molecule has 2 aromatic carbocycles. The third-order valence-corrected chi connectivity index (χ3v) is 6.87. The molecule has 0 saturated carbocycles. The predicted octanol–water partition coefficient (Wildman–Crippen LogP) is 4.88. The molecule has 0 saturated heterocycles. The summed E-state index contributed by atoms with van der Waals surface area (Å²) in [5.74, 6) is -2.36. The number of rotatable bonds is 12. The van der Waals surface area contributed by atoms with Gasteiger partial charge < -0.3 is 26.3 Å². The van der Waals surface area contributed by atoms with Crippen LogP contribution in [0.15, 0.2) is 53.5 Å². The van der Waals surface area contributed by atoms with Crippen molar-refractivity contribution in [3.63, 3.8) is 0 Å². The maximum atomic E-state index is 15.3. The van der Waals surface area contributed by atoms with Crippen LogP contribution in [0, 0.1) is 11.2 Å². The van der Waals surface area contributed by atoms with Crippen molar-refractivity contribution in [3.05, 3.63) is 76.1 Å². The Kier molecular flexibility index (Phi) is 9.32. The lowest BCUT2D eigenvalue weighted by molar-refractivity contribution is -0.275. The van der Waals surface area contributed by atoms with E-state index < -0.39 is 23.6 Å².